The maximum absolute atomic E-state index is 12.8. The Morgan fingerprint density at radius 3 is 2.56 bits per heavy atom. The molecule has 2 rings (SSSR count). The van der Waals surface area contributed by atoms with Crippen LogP contribution in [0.4, 0.5) is 13.2 Å². The number of rotatable bonds is 11. The Kier molecular flexibility index (Phi) is 12.6. The number of hydrogen-bond donors (Lipinski definition) is 1. The van der Waals surface area contributed by atoms with Crippen molar-refractivity contribution in [1.82, 2.24) is 25.0 Å². The standard InChI is InChI=1S/C21H31F3N6O.HI/c1-4-19-28-27-16-30(19)13-12-26-20(25-11-6-14-31-5-2)29(3)15-17-7-9-18(10-8-17)21(22,23)24;/h7-10,16H,4-6,11-15H2,1-3H3,(H,25,26);1H. The minimum atomic E-state index is -4.33. The second-order valence-corrected chi connectivity index (χ2v) is 7.03. The summed E-state index contributed by atoms with van der Waals surface area (Å²) in [5, 5.41) is 11.3. The topological polar surface area (TPSA) is 67.6 Å². The highest BCUT2D eigenvalue weighted by Gasteiger charge is 2.29. The number of alkyl halides is 3. The molecule has 0 aliphatic heterocycles. The SMILES string of the molecule is CCOCCCN=C(NCCn1cnnc1CC)N(C)Cc1ccc(C(F)(F)F)cc1.I. The van der Waals surface area contributed by atoms with Crippen molar-refractivity contribution >= 4 is 29.9 Å². The number of benzene rings is 1. The highest BCUT2D eigenvalue weighted by molar-refractivity contribution is 14.0. The zero-order valence-electron chi connectivity index (χ0n) is 18.7. The van der Waals surface area contributed by atoms with Crippen LogP contribution in [-0.4, -0.2) is 59.0 Å². The van der Waals surface area contributed by atoms with E-state index in [-0.39, 0.29) is 24.0 Å². The van der Waals surface area contributed by atoms with E-state index >= 15 is 0 Å². The quantitative estimate of drug-likeness (QED) is 0.192. The predicted octanol–water partition coefficient (Wildman–Crippen LogP) is 3.98. The Balaban J connectivity index is 0.00000512. The van der Waals surface area contributed by atoms with Crippen LogP contribution in [0.5, 0.6) is 0 Å². The summed E-state index contributed by atoms with van der Waals surface area (Å²) in [6.45, 7) is 7.60. The van der Waals surface area contributed by atoms with Crippen molar-refractivity contribution in [3.8, 4) is 0 Å². The lowest BCUT2D eigenvalue weighted by Gasteiger charge is -2.23. The maximum atomic E-state index is 12.8. The van der Waals surface area contributed by atoms with E-state index in [0.29, 0.717) is 45.4 Å². The van der Waals surface area contributed by atoms with Crippen LogP contribution >= 0.6 is 24.0 Å². The molecule has 0 atom stereocenters. The monoisotopic (exact) mass is 568 g/mol. The molecule has 1 aromatic carbocycles. The van der Waals surface area contributed by atoms with Crippen LogP contribution < -0.4 is 5.32 Å². The van der Waals surface area contributed by atoms with Gasteiger partial charge in [0.2, 0.25) is 0 Å². The average Bonchev–Trinajstić information content (AvgIpc) is 3.19. The number of guanidine groups is 1. The van der Waals surface area contributed by atoms with Crippen molar-refractivity contribution in [1.29, 1.82) is 0 Å². The zero-order chi connectivity index (χ0) is 22.7. The number of nitrogens with zero attached hydrogens (tertiary/aromatic N) is 5. The fourth-order valence-electron chi connectivity index (χ4n) is 2.98. The molecule has 0 saturated heterocycles. The van der Waals surface area contributed by atoms with Crippen LogP contribution in [0.15, 0.2) is 35.6 Å². The first kappa shape index (κ1) is 28.1. The summed E-state index contributed by atoms with van der Waals surface area (Å²) >= 11 is 0. The van der Waals surface area contributed by atoms with E-state index in [9.17, 15) is 13.2 Å². The Hall–Kier alpha value is -1.89. The maximum Gasteiger partial charge on any atom is 0.416 e. The van der Waals surface area contributed by atoms with E-state index in [1.54, 1.807) is 6.33 Å². The van der Waals surface area contributed by atoms with Crippen molar-refractivity contribution in [2.24, 2.45) is 4.99 Å². The van der Waals surface area contributed by atoms with Crippen LogP contribution in [0.3, 0.4) is 0 Å². The molecule has 0 unspecified atom stereocenters. The molecule has 7 nitrogen and oxygen atoms in total. The lowest BCUT2D eigenvalue weighted by Crippen LogP contribution is -2.40. The van der Waals surface area contributed by atoms with E-state index in [4.69, 9.17) is 4.74 Å². The minimum absolute atomic E-state index is 0. The molecule has 11 heteroatoms. The molecule has 0 amide bonds. The number of ether oxygens (including phenoxy) is 1. The van der Waals surface area contributed by atoms with Crippen molar-refractivity contribution in [2.45, 2.75) is 46.0 Å². The van der Waals surface area contributed by atoms with Gasteiger partial charge in [-0.2, -0.15) is 13.2 Å². The van der Waals surface area contributed by atoms with Gasteiger partial charge in [-0.05, 0) is 31.0 Å². The van der Waals surface area contributed by atoms with Crippen LogP contribution in [0.2, 0.25) is 0 Å². The molecular formula is C21H32F3IN6O. The lowest BCUT2D eigenvalue weighted by molar-refractivity contribution is -0.137. The molecule has 0 aliphatic rings. The van der Waals surface area contributed by atoms with Gasteiger partial charge in [0.1, 0.15) is 12.2 Å². The number of aliphatic imine (C=N–C) groups is 1. The van der Waals surface area contributed by atoms with Gasteiger partial charge < -0.3 is 19.5 Å². The summed E-state index contributed by atoms with van der Waals surface area (Å²) in [4.78, 5) is 6.54. The largest absolute Gasteiger partial charge is 0.416 e. The van der Waals surface area contributed by atoms with Gasteiger partial charge in [0.25, 0.3) is 0 Å². The first-order valence-corrected chi connectivity index (χ1v) is 10.4. The molecule has 0 fully saturated rings. The fraction of sp³-hybridized carbons (Fsp3) is 0.571. The molecule has 0 spiro atoms. The summed E-state index contributed by atoms with van der Waals surface area (Å²) in [5.41, 5.74) is 0.119. The van der Waals surface area contributed by atoms with Crippen molar-refractivity contribution in [2.75, 3.05) is 33.4 Å². The minimum Gasteiger partial charge on any atom is -0.382 e. The van der Waals surface area contributed by atoms with Gasteiger partial charge in [0, 0.05) is 52.9 Å². The Morgan fingerprint density at radius 2 is 1.94 bits per heavy atom. The van der Waals surface area contributed by atoms with Crippen molar-refractivity contribution in [3.05, 3.63) is 47.5 Å². The second-order valence-electron chi connectivity index (χ2n) is 7.03. The van der Waals surface area contributed by atoms with E-state index in [1.165, 1.54) is 12.1 Å². The molecule has 1 N–H and O–H groups in total. The molecule has 32 heavy (non-hydrogen) atoms. The average molecular weight is 568 g/mol. The summed E-state index contributed by atoms with van der Waals surface area (Å²) in [6.07, 6.45) is -1.05. The first-order valence-electron chi connectivity index (χ1n) is 10.4. The molecule has 1 heterocycles. The lowest BCUT2D eigenvalue weighted by atomic mass is 10.1. The van der Waals surface area contributed by atoms with Crippen LogP contribution in [0, 0.1) is 0 Å². The number of hydrogen-bond acceptors (Lipinski definition) is 4. The number of nitrogens with one attached hydrogen (secondary N) is 1. The molecule has 0 aliphatic carbocycles. The third-order valence-corrected chi connectivity index (χ3v) is 4.62. The molecule has 180 valence electrons. The van der Waals surface area contributed by atoms with Gasteiger partial charge >= 0.3 is 6.18 Å². The highest BCUT2D eigenvalue weighted by atomic mass is 127. The summed E-state index contributed by atoms with van der Waals surface area (Å²) in [6, 6.07) is 5.20. The van der Waals surface area contributed by atoms with E-state index in [1.807, 2.05) is 30.4 Å². The summed E-state index contributed by atoms with van der Waals surface area (Å²) in [7, 11) is 1.86. The van der Waals surface area contributed by atoms with Gasteiger partial charge in [-0.1, -0.05) is 19.1 Å². The smallest absolute Gasteiger partial charge is 0.382 e. The molecule has 1 aromatic heterocycles. The zero-order valence-corrected chi connectivity index (χ0v) is 21.1. The van der Waals surface area contributed by atoms with E-state index in [0.717, 1.165) is 36.4 Å². The Labute approximate surface area is 204 Å². The third kappa shape index (κ3) is 9.31. The molecule has 0 saturated carbocycles. The summed E-state index contributed by atoms with van der Waals surface area (Å²) in [5.74, 6) is 1.60. The number of aromatic nitrogens is 3. The summed E-state index contributed by atoms with van der Waals surface area (Å²) < 4.78 is 45.7. The first-order chi connectivity index (χ1) is 14.8. The van der Waals surface area contributed by atoms with Gasteiger partial charge in [-0.3, -0.25) is 4.99 Å². The van der Waals surface area contributed by atoms with Crippen molar-refractivity contribution in [3.63, 3.8) is 0 Å². The number of halogens is 4. The molecule has 2 aromatic rings. The Bertz CT molecular complexity index is 811. The molecule has 0 bridgehead atoms. The second kappa shape index (κ2) is 14.3. The van der Waals surface area contributed by atoms with Crippen LogP contribution in [0.1, 0.15) is 37.2 Å². The van der Waals surface area contributed by atoms with Crippen LogP contribution in [0.25, 0.3) is 0 Å². The predicted molar refractivity (Wildman–Crippen MR) is 129 cm³/mol. The normalized spacial score (nSPS) is 11.9. The molecule has 0 radical (unpaired) electrons. The van der Waals surface area contributed by atoms with E-state index < -0.39 is 11.7 Å². The fourth-order valence-corrected chi connectivity index (χ4v) is 2.98. The Morgan fingerprint density at radius 1 is 1.22 bits per heavy atom. The number of aryl methyl sites for hydroxylation is 1. The van der Waals surface area contributed by atoms with Gasteiger partial charge in [0.05, 0.1) is 5.56 Å². The van der Waals surface area contributed by atoms with Gasteiger partial charge in [-0.15, -0.1) is 34.2 Å². The van der Waals surface area contributed by atoms with Crippen molar-refractivity contribution < 1.29 is 17.9 Å². The highest BCUT2D eigenvalue weighted by Crippen LogP contribution is 2.29. The van der Waals surface area contributed by atoms with Gasteiger partial charge in [0.15, 0.2) is 5.96 Å². The van der Waals surface area contributed by atoms with Gasteiger partial charge in [-0.25, -0.2) is 0 Å². The van der Waals surface area contributed by atoms with Crippen LogP contribution in [-0.2, 0) is 30.4 Å². The third-order valence-electron chi connectivity index (χ3n) is 4.62. The van der Waals surface area contributed by atoms with E-state index in [2.05, 4.69) is 20.5 Å². The molecular weight excluding hydrogens is 536 g/mol.